The van der Waals surface area contributed by atoms with Crippen LogP contribution in [-0.2, 0) is 11.3 Å². The quantitative estimate of drug-likeness (QED) is 0.851. The molecule has 3 fully saturated rings. The number of morpholine rings is 1. The fourth-order valence-corrected chi connectivity index (χ4v) is 3.93. The lowest BCUT2D eigenvalue weighted by molar-refractivity contribution is -0.105. The minimum Gasteiger partial charge on any atom is -0.375 e. The Kier molecular flexibility index (Phi) is 4.16. The molecule has 1 aromatic heterocycles. The van der Waals surface area contributed by atoms with Crippen LogP contribution >= 0.6 is 0 Å². The third kappa shape index (κ3) is 3.34. The van der Waals surface area contributed by atoms with Gasteiger partial charge in [0, 0.05) is 44.5 Å². The number of aromatic nitrogens is 1. The number of fused-ring (bicyclic) bond motifs is 1. The predicted octanol–water partition coefficient (Wildman–Crippen LogP) is 2.08. The van der Waals surface area contributed by atoms with Gasteiger partial charge in [-0.05, 0) is 44.2 Å². The van der Waals surface area contributed by atoms with Gasteiger partial charge in [-0.15, -0.1) is 0 Å². The molecule has 3 heterocycles. The first kappa shape index (κ1) is 14.6. The summed E-state index contributed by atoms with van der Waals surface area (Å²) in [6.45, 7) is 8.65. The van der Waals surface area contributed by atoms with Gasteiger partial charge in [-0.2, -0.15) is 0 Å². The first-order valence-electron chi connectivity index (χ1n) is 8.78. The summed E-state index contributed by atoms with van der Waals surface area (Å²) in [7, 11) is 0. The maximum absolute atomic E-state index is 6.05. The second-order valence-electron chi connectivity index (χ2n) is 7.21. The van der Waals surface area contributed by atoms with Crippen molar-refractivity contribution in [2.75, 3.05) is 32.8 Å². The molecular weight excluding hydrogens is 274 g/mol. The Morgan fingerprint density at radius 2 is 2.14 bits per heavy atom. The Bertz CT molecular complexity index is 517. The van der Waals surface area contributed by atoms with E-state index in [9.17, 15) is 0 Å². The van der Waals surface area contributed by atoms with Gasteiger partial charge in [0.25, 0.3) is 0 Å². The van der Waals surface area contributed by atoms with E-state index in [1.165, 1.54) is 25.1 Å². The van der Waals surface area contributed by atoms with Crippen molar-refractivity contribution in [3.05, 3.63) is 29.6 Å². The molecule has 0 aromatic carbocycles. The summed E-state index contributed by atoms with van der Waals surface area (Å²) in [6.07, 6.45) is 4.49. The molecule has 0 amide bonds. The molecule has 4 rings (SSSR count). The molecule has 0 N–H and O–H groups in total. The molecule has 4 heteroatoms. The largest absolute Gasteiger partial charge is 0.375 e. The van der Waals surface area contributed by atoms with Crippen molar-refractivity contribution in [2.24, 2.45) is 5.92 Å². The molecule has 0 radical (unpaired) electrons. The number of rotatable bonds is 4. The van der Waals surface area contributed by atoms with E-state index in [1.54, 1.807) is 0 Å². The lowest BCUT2D eigenvalue weighted by Crippen LogP contribution is -2.60. The fourth-order valence-electron chi connectivity index (χ4n) is 3.93. The van der Waals surface area contributed by atoms with Gasteiger partial charge in [-0.25, -0.2) is 0 Å². The van der Waals surface area contributed by atoms with Gasteiger partial charge < -0.3 is 4.74 Å². The Morgan fingerprint density at radius 1 is 1.23 bits per heavy atom. The number of hydrogen-bond donors (Lipinski definition) is 0. The van der Waals surface area contributed by atoms with E-state index in [-0.39, 0.29) is 0 Å². The number of pyridine rings is 1. The second kappa shape index (κ2) is 6.26. The van der Waals surface area contributed by atoms with E-state index in [0.717, 1.165) is 50.8 Å². The van der Waals surface area contributed by atoms with E-state index in [1.807, 2.05) is 0 Å². The van der Waals surface area contributed by atoms with Crippen LogP contribution in [0.2, 0.25) is 0 Å². The Labute approximate surface area is 133 Å². The molecule has 3 aliphatic rings. The lowest BCUT2D eigenvalue weighted by atomic mass is 9.98. The smallest absolute Gasteiger partial charge is 0.0755 e. The lowest BCUT2D eigenvalue weighted by Gasteiger charge is -2.47. The van der Waals surface area contributed by atoms with Crippen LogP contribution in [0, 0.1) is 12.8 Å². The average Bonchev–Trinajstić information content (AvgIpc) is 3.32. The van der Waals surface area contributed by atoms with Crippen LogP contribution in [0.1, 0.15) is 30.7 Å². The van der Waals surface area contributed by atoms with Crippen LogP contribution in [0.4, 0.5) is 0 Å². The zero-order chi connectivity index (χ0) is 14.9. The highest BCUT2D eigenvalue weighted by Gasteiger charge is 2.39. The summed E-state index contributed by atoms with van der Waals surface area (Å²) in [5, 5.41) is 0. The monoisotopic (exact) mass is 301 g/mol. The number of ether oxygens (including phenoxy) is 1. The van der Waals surface area contributed by atoms with E-state index >= 15 is 0 Å². The Morgan fingerprint density at radius 3 is 2.95 bits per heavy atom. The molecular formula is C18H27N3O. The van der Waals surface area contributed by atoms with Crippen LogP contribution in [-0.4, -0.2) is 59.7 Å². The van der Waals surface area contributed by atoms with Gasteiger partial charge in [-0.3, -0.25) is 14.8 Å². The number of likely N-dealkylation sites (tertiary alicyclic amines) is 1. The van der Waals surface area contributed by atoms with Crippen molar-refractivity contribution in [1.82, 2.24) is 14.8 Å². The Balaban J connectivity index is 1.40. The third-order valence-corrected chi connectivity index (χ3v) is 5.30. The molecule has 0 bridgehead atoms. The summed E-state index contributed by atoms with van der Waals surface area (Å²) in [6, 6.07) is 6.93. The molecule has 0 spiro atoms. The first-order chi connectivity index (χ1) is 10.8. The number of nitrogens with zero attached hydrogens (tertiary/aromatic N) is 3. The van der Waals surface area contributed by atoms with E-state index in [0.29, 0.717) is 12.1 Å². The zero-order valence-electron chi connectivity index (χ0n) is 13.6. The maximum Gasteiger partial charge on any atom is 0.0755 e. The summed E-state index contributed by atoms with van der Waals surface area (Å²) in [4.78, 5) is 9.94. The normalized spacial score (nSPS) is 30.2. The van der Waals surface area contributed by atoms with Crippen LogP contribution in [0.15, 0.2) is 18.2 Å². The topological polar surface area (TPSA) is 28.6 Å². The first-order valence-corrected chi connectivity index (χ1v) is 8.78. The molecule has 1 saturated carbocycles. The van der Waals surface area contributed by atoms with Crippen LogP contribution < -0.4 is 0 Å². The van der Waals surface area contributed by atoms with Crippen molar-refractivity contribution < 1.29 is 4.74 Å². The maximum atomic E-state index is 6.05. The van der Waals surface area contributed by atoms with E-state index < -0.39 is 0 Å². The highest BCUT2D eigenvalue weighted by atomic mass is 16.5. The van der Waals surface area contributed by atoms with Crippen molar-refractivity contribution in [3.8, 4) is 0 Å². The highest BCUT2D eigenvalue weighted by Crippen LogP contribution is 2.33. The summed E-state index contributed by atoms with van der Waals surface area (Å²) >= 11 is 0. The second-order valence-corrected chi connectivity index (χ2v) is 7.21. The third-order valence-electron chi connectivity index (χ3n) is 5.30. The van der Waals surface area contributed by atoms with Gasteiger partial charge in [-0.1, -0.05) is 6.07 Å². The van der Waals surface area contributed by atoms with Crippen molar-refractivity contribution in [3.63, 3.8) is 0 Å². The van der Waals surface area contributed by atoms with Crippen molar-refractivity contribution in [2.45, 2.75) is 44.9 Å². The SMILES string of the molecule is Cc1cccc(CN2CC[C@H]3OCCN(CC4CC4)[C@@H]3C2)n1. The minimum absolute atomic E-state index is 0.453. The van der Waals surface area contributed by atoms with E-state index in [2.05, 4.69) is 39.9 Å². The average molecular weight is 301 g/mol. The molecule has 2 aliphatic heterocycles. The molecule has 2 atom stereocenters. The van der Waals surface area contributed by atoms with Gasteiger partial charge in [0.1, 0.15) is 0 Å². The highest BCUT2D eigenvalue weighted by molar-refractivity contribution is 5.10. The van der Waals surface area contributed by atoms with Crippen LogP contribution in [0.5, 0.6) is 0 Å². The zero-order valence-corrected chi connectivity index (χ0v) is 13.6. The van der Waals surface area contributed by atoms with Gasteiger partial charge in [0.15, 0.2) is 0 Å². The van der Waals surface area contributed by atoms with Crippen molar-refractivity contribution in [1.29, 1.82) is 0 Å². The van der Waals surface area contributed by atoms with Gasteiger partial charge >= 0.3 is 0 Å². The minimum atomic E-state index is 0.453. The van der Waals surface area contributed by atoms with Crippen molar-refractivity contribution >= 4 is 0 Å². The fraction of sp³-hybridized carbons (Fsp3) is 0.722. The predicted molar refractivity (Wildman–Crippen MR) is 86.7 cm³/mol. The number of hydrogen-bond acceptors (Lipinski definition) is 4. The standard InChI is InChI=1S/C18H27N3O/c1-14-3-2-4-16(19-14)12-20-8-7-18-17(13-20)21(9-10-22-18)11-15-5-6-15/h2-4,15,17-18H,5-13H2,1H3/t17-,18-/m1/s1. The molecule has 2 saturated heterocycles. The molecule has 0 unspecified atom stereocenters. The molecule has 22 heavy (non-hydrogen) atoms. The molecule has 1 aliphatic carbocycles. The molecule has 1 aromatic rings. The van der Waals surface area contributed by atoms with Gasteiger partial charge in [0.05, 0.1) is 18.4 Å². The molecule has 4 nitrogen and oxygen atoms in total. The number of aryl methyl sites for hydroxylation is 1. The van der Waals surface area contributed by atoms with Crippen LogP contribution in [0.3, 0.4) is 0 Å². The summed E-state index contributed by atoms with van der Waals surface area (Å²) in [5.41, 5.74) is 2.31. The summed E-state index contributed by atoms with van der Waals surface area (Å²) in [5.74, 6) is 0.965. The van der Waals surface area contributed by atoms with Crippen LogP contribution in [0.25, 0.3) is 0 Å². The summed E-state index contributed by atoms with van der Waals surface area (Å²) < 4.78 is 6.05. The van der Waals surface area contributed by atoms with E-state index in [4.69, 9.17) is 4.74 Å². The molecule has 120 valence electrons. The Hall–Kier alpha value is -0.970. The number of piperidine rings is 1. The van der Waals surface area contributed by atoms with Gasteiger partial charge in [0.2, 0.25) is 0 Å².